The van der Waals surface area contributed by atoms with Crippen LogP contribution in [0.5, 0.6) is 5.75 Å². The maximum absolute atomic E-state index is 12.7. The fourth-order valence-electron chi connectivity index (χ4n) is 2.77. The SMILES string of the molecule is COC(=O)c1cc(NC(=O)[C@H]2CN(S(C)(=O)=O)c3cc(Cl)ccc3O2)ccc1Cl. The maximum Gasteiger partial charge on any atom is 0.339 e. The summed E-state index contributed by atoms with van der Waals surface area (Å²) >= 11 is 11.9. The maximum atomic E-state index is 12.7. The Morgan fingerprint density at radius 3 is 2.59 bits per heavy atom. The van der Waals surface area contributed by atoms with Crippen LogP contribution in [0.2, 0.25) is 10.0 Å². The summed E-state index contributed by atoms with van der Waals surface area (Å²) in [6, 6.07) is 8.77. The highest BCUT2D eigenvalue weighted by Crippen LogP contribution is 2.37. The van der Waals surface area contributed by atoms with Crippen LogP contribution >= 0.6 is 23.2 Å². The summed E-state index contributed by atoms with van der Waals surface area (Å²) in [6.07, 6.45) is -0.101. The van der Waals surface area contributed by atoms with Crippen molar-refractivity contribution in [3.05, 3.63) is 52.0 Å². The molecule has 0 radical (unpaired) electrons. The van der Waals surface area contributed by atoms with Crippen molar-refractivity contribution in [1.82, 2.24) is 0 Å². The summed E-state index contributed by atoms with van der Waals surface area (Å²) in [5.41, 5.74) is 0.606. The van der Waals surface area contributed by atoms with E-state index in [1.807, 2.05) is 0 Å². The van der Waals surface area contributed by atoms with Crippen LogP contribution in [-0.4, -0.2) is 46.3 Å². The molecule has 29 heavy (non-hydrogen) atoms. The molecular formula is C18H16Cl2N2O6S. The fraction of sp³-hybridized carbons (Fsp3) is 0.222. The summed E-state index contributed by atoms with van der Waals surface area (Å²) in [7, 11) is -2.47. The van der Waals surface area contributed by atoms with Gasteiger partial charge in [0.2, 0.25) is 10.0 Å². The molecule has 1 aliphatic rings. The topological polar surface area (TPSA) is 102 Å². The van der Waals surface area contributed by atoms with E-state index in [1.165, 1.54) is 43.5 Å². The van der Waals surface area contributed by atoms with Crippen LogP contribution in [0.15, 0.2) is 36.4 Å². The van der Waals surface area contributed by atoms with Crippen LogP contribution in [0.25, 0.3) is 0 Å². The van der Waals surface area contributed by atoms with Crippen LogP contribution in [0, 0.1) is 0 Å². The highest BCUT2D eigenvalue weighted by Gasteiger charge is 2.35. The molecule has 2 aromatic carbocycles. The number of fused-ring (bicyclic) bond motifs is 1. The van der Waals surface area contributed by atoms with E-state index in [1.54, 1.807) is 0 Å². The number of amides is 1. The second kappa shape index (κ2) is 8.10. The van der Waals surface area contributed by atoms with Gasteiger partial charge < -0.3 is 14.8 Å². The Morgan fingerprint density at radius 1 is 1.21 bits per heavy atom. The number of nitrogens with one attached hydrogen (secondary N) is 1. The molecular weight excluding hydrogens is 443 g/mol. The van der Waals surface area contributed by atoms with E-state index in [-0.39, 0.29) is 34.3 Å². The van der Waals surface area contributed by atoms with Gasteiger partial charge in [0.1, 0.15) is 5.75 Å². The van der Waals surface area contributed by atoms with Crippen LogP contribution in [0.1, 0.15) is 10.4 Å². The average Bonchev–Trinajstić information content (AvgIpc) is 2.67. The van der Waals surface area contributed by atoms with E-state index in [0.29, 0.717) is 5.02 Å². The molecule has 0 aliphatic carbocycles. The van der Waals surface area contributed by atoms with E-state index in [0.717, 1.165) is 10.6 Å². The monoisotopic (exact) mass is 458 g/mol. The lowest BCUT2D eigenvalue weighted by atomic mass is 10.2. The van der Waals surface area contributed by atoms with E-state index in [4.69, 9.17) is 27.9 Å². The molecule has 1 atom stereocenters. The molecule has 8 nitrogen and oxygen atoms in total. The normalized spacial score (nSPS) is 15.9. The Bertz CT molecular complexity index is 1090. The van der Waals surface area contributed by atoms with Crippen molar-refractivity contribution in [2.24, 2.45) is 0 Å². The van der Waals surface area contributed by atoms with Crippen molar-refractivity contribution in [2.75, 3.05) is 29.5 Å². The highest BCUT2D eigenvalue weighted by atomic mass is 35.5. The van der Waals surface area contributed by atoms with Gasteiger partial charge in [-0.3, -0.25) is 9.10 Å². The number of methoxy groups -OCH3 is 1. The number of ether oxygens (including phenoxy) is 2. The fourth-order valence-corrected chi connectivity index (χ4v) is 4.03. The van der Waals surface area contributed by atoms with Crippen LogP contribution in [0.4, 0.5) is 11.4 Å². The molecule has 1 heterocycles. The first-order chi connectivity index (χ1) is 13.6. The molecule has 1 aliphatic heterocycles. The number of hydrogen-bond acceptors (Lipinski definition) is 6. The molecule has 1 N–H and O–H groups in total. The first kappa shape index (κ1) is 21.2. The predicted octanol–water partition coefficient (Wildman–Crippen LogP) is 2.95. The largest absolute Gasteiger partial charge is 0.476 e. The van der Waals surface area contributed by atoms with Gasteiger partial charge >= 0.3 is 5.97 Å². The summed E-state index contributed by atoms with van der Waals surface area (Å²) in [5, 5.41) is 3.09. The second-order valence-electron chi connectivity index (χ2n) is 6.19. The van der Waals surface area contributed by atoms with Gasteiger partial charge in [-0.15, -0.1) is 0 Å². The number of esters is 1. The number of anilines is 2. The molecule has 0 spiro atoms. The Morgan fingerprint density at radius 2 is 1.93 bits per heavy atom. The summed E-state index contributed by atoms with van der Waals surface area (Å²) in [4.78, 5) is 24.5. The van der Waals surface area contributed by atoms with E-state index >= 15 is 0 Å². The summed E-state index contributed by atoms with van der Waals surface area (Å²) in [5.74, 6) is -1.05. The number of carbonyl (C=O) groups is 2. The molecule has 0 fully saturated rings. The number of nitrogens with zero attached hydrogens (tertiary/aromatic N) is 1. The molecule has 11 heteroatoms. The number of halogens is 2. The quantitative estimate of drug-likeness (QED) is 0.706. The van der Waals surface area contributed by atoms with Gasteiger partial charge in [0, 0.05) is 10.7 Å². The minimum absolute atomic E-state index is 0.0780. The third kappa shape index (κ3) is 4.58. The zero-order chi connectivity index (χ0) is 21.3. The first-order valence-corrected chi connectivity index (χ1v) is 10.8. The number of benzene rings is 2. The molecule has 0 aromatic heterocycles. The number of hydrogen-bond donors (Lipinski definition) is 1. The van der Waals surface area contributed by atoms with Gasteiger partial charge in [-0.25, -0.2) is 13.2 Å². The lowest BCUT2D eigenvalue weighted by Gasteiger charge is -2.34. The van der Waals surface area contributed by atoms with E-state index < -0.39 is 28.0 Å². The van der Waals surface area contributed by atoms with E-state index in [9.17, 15) is 18.0 Å². The zero-order valence-corrected chi connectivity index (χ0v) is 17.6. The minimum Gasteiger partial charge on any atom is -0.476 e. The van der Waals surface area contributed by atoms with Crippen molar-refractivity contribution in [3.8, 4) is 5.75 Å². The van der Waals surface area contributed by atoms with Crippen LogP contribution in [0.3, 0.4) is 0 Å². The molecule has 1 amide bonds. The van der Waals surface area contributed by atoms with Gasteiger partial charge in [0.05, 0.1) is 36.2 Å². The molecule has 0 unspecified atom stereocenters. The molecule has 3 rings (SSSR count). The smallest absolute Gasteiger partial charge is 0.339 e. The number of carbonyl (C=O) groups excluding carboxylic acids is 2. The molecule has 0 saturated carbocycles. The summed E-state index contributed by atoms with van der Waals surface area (Å²) < 4.78 is 35.8. The standard InChI is InChI=1S/C18H16Cl2N2O6S/c1-27-18(24)12-8-11(4-5-13(12)20)21-17(23)16-9-22(29(2,25)26)14-7-10(19)3-6-15(14)28-16/h3-8,16H,9H2,1-2H3,(H,21,23)/t16-/m1/s1. The van der Waals surface area contributed by atoms with Gasteiger partial charge in [-0.2, -0.15) is 0 Å². The van der Waals surface area contributed by atoms with Crippen molar-refractivity contribution in [2.45, 2.75) is 6.10 Å². The van der Waals surface area contributed by atoms with Crippen molar-refractivity contribution in [1.29, 1.82) is 0 Å². The zero-order valence-electron chi connectivity index (χ0n) is 15.3. The Kier molecular flexibility index (Phi) is 5.92. The highest BCUT2D eigenvalue weighted by molar-refractivity contribution is 7.92. The lowest BCUT2D eigenvalue weighted by Crippen LogP contribution is -2.48. The predicted molar refractivity (Wildman–Crippen MR) is 109 cm³/mol. The Hall–Kier alpha value is -2.49. The molecule has 0 saturated heterocycles. The number of sulfonamides is 1. The van der Waals surface area contributed by atoms with Crippen molar-refractivity contribution >= 4 is 56.5 Å². The first-order valence-electron chi connectivity index (χ1n) is 8.23. The van der Waals surface area contributed by atoms with Gasteiger partial charge in [-0.05, 0) is 36.4 Å². The second-order valence-corrected chi connectivity index (χ2v) is 8.94. The average molecular weight is 459 g/mol. The molecule has 2 aromatic rings. The molecule has 154 valence electrons. The Labute approximate surface area is 177 Å². The lowest BCUT2D eigenvalue weighted by molar-refractivity contribution is -0.122. The van der Waals surface area contributed by atoms with Crippen molar-refractivity contribution < 1.29 is 27.5 Å². The summed E-state index contributed by atoms with van der Waals surface area (Å²) in [6.45, 7) is -0.241. The van der Waals surface area contributed by atoms with Crippen molar-refractivity contribution in [3.63, 3.8) is 0 Å². The minimum atomic E-state index is -3.69. The van der Waals surface area contributed by atoms with Crippen LogP contribution in [-0.2, 0) is 19.6 Å². The van der Waals surface area contributed by atoms with Gasteiger partial charge in [0.25, 0.3) is 5.91 Å². The Balaban J connectivity index is 1.87. The van der Waals surface area contributed by atoms with Gasteiger partial charge in [-0.1, -0.05) is 23.2 Å². The van der Waals surface area contributed by atoms with Gasteiger partial charge in [0.15, 0.2) is 6.10 Å². The third-order valence-corrected chi connectivity index (χ3v) is 5.83. The molecule has 0 bridgehead atoms. The van der Waals surface area contributed by atoms with E-state index in [2.05, 4.69) is 10.1 Å². The van der Waals surface area contributed by atoms with Crippen LogP contribution < -0.4 is 14.4 Å². The third-order valence-electron chi connectivity index (χ3n) is 4.12. The number of rotatable bonds is 4.